The molecule has 1 unspecified atom stereocenters. The second-order valence-electron chi connectivity index (χ2n) is 3.60. The van der Waals surface area contributed by atoms with Crippen LogP contribution in [0, 0.1) is 0 Å². The lowest BCUT2D eigenvalue weighted by atomic mass is 10.3. The van der Waals surface area contributed by atoms with Crippen LogP contribution in [0.1, 0.15) is 0 Å². The summed E-state index contributed by atoms with van der Waals surface area (Å²) in [5, 5.41) is 11.6. The minimum Gasteiger partial charge on any atom is -1.00 e. The Morgan fingerprint density at radius 3 is 2.17 bits per heavy atom. The summed E-state index contributed by atoms with van der Waals surface area (Å²) in [5.74, 6) is -0.321. The molecule has 0 rings (SSSR count). The van der Waals surface area contributed by atoms with E-state index in [0.29, 0.717) is 11.0 Å². The largest absolute Gasteiger partial charge is 1.00 e. The number of aliphatic hydroxyl groups is 1. The summed E-state index contributed by atoms with van der Waals surface area (Å²) >= 11 is 0. The van der Waals surface area contributed by atoms with E-state index in [0.717, 1.165) is 0 Å². The number of rotatable bonds is 3. The number of quaternary nitrogens is 1. The van der Waals surface area contributed by atoms with Crippen molar-refractivity contribution >= 4 is 5.91 Å². The molecule has 0 spiro atoms. The number of nitrogens with zero attached hydrogens (tertiary/aromatic N) is 1. The summed E-state index contributed by atoms with van der Waals surface area (Å²) in [5.41, 5.74) is 0. The van der Waals surface area contributed by atoms with E-state index in [1.807, 2.05) is 21.1 Å². The third-order valence-corrected chi connectivity index (χ3v) is 1.27. The van der Waals surface area contributed by atoms with Gasteiger partial charge in [0.2, 0.25) is 0 Å². The van der Waals surface area contributed by atoms with Crippen molar-refractivity contribution in [3.63, 3.8) is 0 Å². The summed E-state index contributed by atoms with van der Waals surface area (Å²) in [7, 11) is 7.28. The zero-order chi connectivity index (χ0) is 9.07. The van der Waals surface area contributed by atoms with Crippen LogP contribution in [0.3, 0.4) is 0 Å². The van der Waals surface area contributed by atoms with Crippen LogP contribution in [0.5, 0.6) is 0 Å². The molecule has 0 aliphatic rings. The molecule has 12 heavy (non-hydrogen) atoms. The van der Waals surface area contributed by atoms with Gasteiger partial charge in [-0.1, -0.05) is 0 Å². The first-order valence-corrected chi connectivity index (χ1v) is 3.57. The zero-order valence-electron chi connectivity index (χ0n) is 7.97. The third kappa shape index (κ3) is 6.39. The van der Waals surface area contributed by atoms with Gasteiger partial charge in [-0.05, 0) is 0 Å². The quantitative estimate of drug-likeness (QED) is 0.450. The summed E-state index contributed by atoms with van der Waals surface area (Å²) in [4.78, 5) is 10.8. The minimum absolute atomic E-state index is 0. The van der Waals surface area contributed by atoms with Crippen molar-refractivity contribution < 1.29 is 26.8 Å². The van der Waals surface area contributed by atoms with E-state index in [2.05, 4.69) is 5.32 Å². The normalized spacial score (nSPS) is 13.1. The molecule has 0 fully saturated rings. The highest BCUT2D eigenvalue weighted by Crippen LogP contribution is 1.94. The number of aliphatic hydroxyl groups excluding tert-OH is 1. The van der Waals surface area contributed by atoms with E-state index in [9.17, 15) is 9.90 Å². The van der Waals surface area contributed by atoms with Crippen molar-refractivity contribution in [3.8, 4) is 0 Å². The maximum absolute atomic E-state index is 10.8. The minimum atomic E-state index is -0.903. The highest BCUT2D eigenvalue weighted by molar-refractivity contribution is 5.80. The molecule has 0 aliphatic heterocycles. The first-order chi connectivity index (χ1) is 4.87. The van der Waals surface area contributed by atoms with Gasteiger partial charge in [0.25, 0.3) is 5.91 Å². The maximum atomic E-state index is 10.8. The van der Waals surface area contributed by atoms with Crippen LogP contribution < -0.4 is 17.7 Å². The fourth-order valence-corrected chi connectivity index (χ4v) is 0.768. The second-order valence-corrected chi connectivity index (χ2v) is 3.60. The van der Waals surface area contributed by atoms with Gasteiger partial charge in [-0.15, -0.1) is 0 Å². The average molecular weight is 197 g/mol. The monoisotopic (exact) mass is 196 g/mol. The molecule has 0 aliphatic carbocycles. The Morgan fingerprint density at radius 1 is 1.50 bits per heavy atom. The van der Waals surface area contributed by atoms with Crippen molar-refractivity contribution in [3.05, 3.63) is 0 Å². The predicted molar refractivity (Wildman–Crippen MR) is 43.0 cm³/mol. The zero-order valence-corrected chi connectivity index (χ0v) is 8.72. The molecule has 5 heteroatoms. The number of nitrogens with one attached hydrogen (secondary N) is 1. The van der Waals surface area contributed by atoms with Crippen LogP contribution in [-0.2, 0) is 4.79 Å². The van der Waals surface area contributed by atoms with Crippen LogP contribution >= 0.6 is 0 Å². The summed E-state index contributed by atoms with van der Waals surface area (Å²) in [6.07, 6.45) is -0.903. The van der Waals surface area contributed by atoms with Crippen LogP contribution in [0.4, 0.5) is 0 Å². The fraction of sp³-hybridized carbons (Fsp3) is 0.857. The SMILES string of the molecule is CNC(=O)C(O)C[N+](C)(C)C.[Cl-]. The van der Waals surface area contributed by atoms with E-state index in [1.165, 1.54) is 7.05 Å². The van der Waals surface area contributed by atoms with Crippen molar-refractivity contribution in [2.24, 2.45) is 0 Å². The highest BCUT2D eigenvalue weighted by atomic mass is 35.5. The lowest BCUT2D eigenvalue weighted by Gasteiger charge is -2.25. The Hall–Kier alpha value is -0.320. The highest BCUT2D eigenvalue weighted by Gasteiger charge is 2.20. The Morgan fingerprint density at radius 2 is 1.92 bits per heavy atom. The van der Waals surface area contributed by atoms with Crippen LogP contribution in [0.15, 0.2) is 0 Å². The van der Waals surface area contributed by atoms with Gasteiger partial charge in [0, 0.05) is 7.05 Å². The Bertz CT molecular complexity index is 145. The molecule has 74 valence electrons. The molecule has 0 bridgehead atoms. The number of halogens is 1. The van der Waals surface area contributed by atoms with E-state index in [4.69, 9.17) is 0 Å². The van der Waals surface area contributed by atoms with Gasteiger partial charge in [0.1, 0.15) is 6.54 Å². The van der Waals surface area contributed by atoms with Gasteiger partial charge in [0.15, 0.2) is 6.10 Å². The van der Waals surface area contributed by atoms with Crippen molar-refractivity contribution in [1.29, 1.82) is 0 Å². The number of likely N-dealkylation sites (N-methyl/N-ethyl adjacent to an activating group) is 2. The number of carbonyl (C=O) groups excluding carboxylic acids is 1. The Kier molecular flexibility index (Phi) is 6.34. The van der Waals surface area contributed by atoms with E-state index < -0.39 is 6.10 Å². The smallest absolute Gasteiger partial charge is 0.254 e. The number of hydrogen-bond donors (Lipinski definition) is 2. The molecule has 1 atom stereocenters. The maximum Gasteiger partial charge on any atom is 0.254 e. The van der Waals surface area contributed by atoms with Crippen molar-refractivity contribution in [2.45, 2.75) is 6.10 Å². The lowest BCUT2D eigenvalue weighted by Crippen LogP contribution is -3.00. The molecule has 0 heterocycles. The van der Waals surface area contributed by atoms with Crippen LogP contribution in [0.2, 0.25) is 0 Å². The number of carbonyl (C=O) groups is 1. The summed E-state index contributed by atoms with van der Waals surface area (Å²) in [6.45, 7) is 0.430. The Balaban J connectivity index is 0. The number of amides is 1. The topological polar surface area (TPSA) is 49.3 Å². The summed E-state index contributed by atoms with van der Waals surface area (Å²) < 4.78 is 0.578. The van der Waals surface area contributed by atoms with E-state index >= 15 is 0 Å². The first-order valence-electron chi connectivity index (χ1n) is 3.57. The molecule has 0 saturated carbocycles. The fourth-order valence-electron chi connectivity index (χ4n) is 0.768. The van der Waals surface area contributed by atoms with E-state index in [-0.39, 0.29) is 18.3 Å². The molecular weight excluding hydrogens is 180 g/mol. The molecule has 0 radical (unpaired) electrons. The lowest BCUT2D eigenvalue weighted by molar-refractivity contribution is -0.872. The molecule has 2 N–H and O–H groups in total. The van der Waals surface area contributed by atoms with Crippen LogP contribution in [-0.4, -0.2) is 56.3 Å². The molecule has 0 saturated heterocycles. The van der Waals surface area contributed by atoms with Gasteiger partial charge in [0.05, 0.1) is 21.1 Å². The average Bonchev–Trinajstić information content (AvgIpc) is 1.82. The molecule has 4 nitrogen and oxygen atoms in total. The van der Waals surface area contributed by atoms with Gasteiger partial charge < -0.3 is 27.3 Å². The number of hydrogen-bond acceptors (Lipinski definition) is 2. The van der Waals surface area contributed by atoms with Gasteiger partial charge in [-0.25, -0.2) is 0 Å². The molecule has 0 aromatic carbocycles. The Labute approximate surface area is 79.6 Å². The van der Waals surface area contributed by atoms with E-state index in [1.54, 1.807) is 0 Å². The third-order valence-electron chi connectivity index (χ3n) is 1.27. The van der Waals surface area contributed by atoms with Crippen molar-refractivity contribution in [2.75, 3.05) is 34.7 Å². The molecule has 0 aromatic rings. The molecule has 0 aromatic heterocycles. The molecular formula is C7H17ClN2O2. The predicted octanol–water partition coefficient (Wildman–Crippen LogP) is -4.20. The second kappa shape index (κ2) is 5.35. The molecule has 1 amide bonds. The first kappa shape index (κ1) is 14.2. The standard InChI is InChI=1S/C7H16N2O2.ClH/c1-8-7(11)6(10)5-9(2,3)4;/h6,10H,5H2,1-4H3;1H. The van der Waals surface area contributed by atoms with Gasteiger partial charge >= 0.3 is 0 Å². The van der Waals surface area contributed by atoms with Crippen molar-refractivity contribution in [1.82, 2.24) is 5.32 Å². The van der Waals surface area contributed by atoms with Gasteiger partial charge in [-0.3, -0.25) is 4.79 Å². The van der Waals surface area contributed by atoms with Crippen LogP contribution in [0.25, 0.3) is 0 Å². The summed E-state index contributed by atoms with van der Waals surface area (Å²) in [6, 6.07) is 0. The van der Waals surface area contributed by atoms with Gasteiger partial charge in [-0.2, -0.15) is 0 Å².